The molecule has 2 aliphatic heterocycles. The van der Waals surface area contributed by atoms with Crippen LogP contribution >= 0.6 is 0 Å². The van der Waals surface area contributed by atoms with Crippen molar-refractivity contribution in [1.29, 1.82) is 0 Å². The molecule has 2 aromatic carbocycles. The number of ether oxygens (including phenoxy) is 2. The smallest absolute Gasteiger partial charge is 0.251 e. The van der Waals surface area contributed by atoms with E-state index in [0.29, 0.717) is 41.4 Å². The summed E-state index contributed by atoms with van der Waals surface area (Å²) in [4.78, 5) is 17.1. The standard InChI is InChI=1S/C25H29FN2O3/c1-7-30-18-12-16-19(17-13-24(2,3)31-21(17)18)20(28-25(4,5)22(16)26)14-9-8-10-15(11-14)23(29)27-6/h8-12,22H,7,13H2,1-6H3,(H,27,29). The lowest BCUT2D eigenvalue weighted by Gasteiger charge is -2.34. The second-order valence-electron chi connectivity index (χ2n) is 9.25. The summed E-state index contributed by atoms with van der Waals surface area (Å²) in [7, 11) is 1.60. The summed E-state index contributed by atoms with van der Waals surface area (Å²) in [6.45, 7) is 9.97. The summed E-state index contributed by atoms with van der Waals surface area (Å²) in [6, 6.07) is 9.06. The van der Waals surface area contributed by atoms with Crippen LogP contribution in [0.4, 0.5) is 4.39 Å². The van der Waals surface area contributed by atoms with Crippen LogP contribution in [-0.2, 0) is 6.42 Å². The SMILES string of the molecule is CCOc1cc2c(c3c1OC(C)(C)C3)C(c1cccc(C(=O)NC)c1)=NC(C)(C)C2F. The van der Waals surface area contributed by atoms with Crippen molar-refractivity contribution in [1.82, 2.24) is 5.32 Å². The Morgan fingerprint density at radius 3 is 2.71 bits per heavy atom. The Bertz CT molecular complexity index is 1090. The van der Waals surface area contributed by atoms with E-state index in [0.717, 1.165) is 16.7 Å². The highest BCUT2D eigenvalue weighted by molar-refractivity contribution is 6.17. The van der Waals surface area contributed by atoms with Crippen LogP contribution in [-0.4, -0.2) is 36.4 Å². The predicted molar refractivity (Wildman–Crippen MR) is 119 cm³/mol. The number of carbonyl (C=O) groups is 1. The molecule has 4 rings (SSSR count). The number of fused-ring (bicyclic) bond motifs is 3. The van der Waals surface area contributed by atoms with Crippen molar-refractivity contribution in [2.24, 2.45) is 4.99 Å². The maximum atomic E-state index is 15.7. The minimum absolute atomic E-state index is 0.178. The summed E-state index contributed by atoms with van der Waals surface area (Å²) in [5.74, 6) is 1.05. The zero-order valence-corrected chi connectivity index (χ0v) is 18.9. The van der Waals surface area contributed by atoms with Crippen molar-refractivity contribution in [3.63, 3.8) is 0 Å². The number of carbonyl (C=O) groups excluding carboxylic acids is 1. The predicted octanol–water partition coefficient (Wildman–Crippen LogP) is 4.80. The summed E-state index contributed by atoms with van der Waals surface area (Å²) in [5, 5.41) is 2.65. The fourth-order valence-corrected chi connectivity index (χ4v) is 4.42. The molecule has 31 heavy (non-hydrogen) atoms. The van der Waals surface area contributed by atoms with E-state index in [2.05, 4.69) is 5.32 Å². The molecule has 0 spiro atoms. The highest BCUT2D eigenvalue weighted by atomic mass is 19.1. The summed E-state index contributed by atoms with van der Waals surface area (Å²) >= 11 is 0. The van der Waals surface area contributed by atoms with E-state index < -0.39 is 17.3 Å². The number of hydrogen-bond acceptors (Lipinski definition) is 4. The van der Waals surface area contributed by atoms with Gasteiger partial charge in [-0.15, -0.1) is 0 Å². The van der Waals surface area contributed by atoms with Gasteiger partial charge in [-0.2, -0.15) is 0 Å². The van der Waals surface area contributed by atoms with Gasteiger partial charge in [-0.05, 0) is 52.8 Å². The normalized spacial score (nSPS) is 20.2. The highest BCUT2D eigenvalue weighted by Gasteiger charge is 2.44. The van der Waals surface area contributed by atoms with Crippen LogP contribution in [0, 0.1) is 0 Å². The average molecular weight is 425 g/mol. The van der Waals surface area contributed by atoms with E-state index in [1.54, 1.807) is 39.1 Å². The van der Waals surface area contributed by atoms with Gasteiger partial charge in [0.1, 0.15) is 5.60 Å². The van der Waals surface area contributed by atoms with Crippen LogP contribution in [0.2, 0.25) is 0 Å². The summed E-state index contributed by atoms with van der Waals surface area (Å²) in [6.07, 6.45) is -0.672. The largest absolute Gasteiger partial charge is 0.490 e. The number of aliphatic imine (C=N–C) groups is 1. The Balaban J connectivity index is 1.99. The van der Waals surface area contributed by atoms with Crippen LogP contribution in [0.15, 0.2) is 35.3 Å². The Morgan fingerprint density at radius 1 is 1.29 bits per heavy atom. The van der Waals surface area contributed by atoms with E-state index in [1.807, 2.05) is 32.9 Å². The second-order valence-corrected chi connectivity index (χ2v) is 9.25. The maximum Gasteiger partial charge on any atom is 0.251 e. The van der Waals surface area contributed by atoms with Crippen LogP contribution in [0.3, 0.4) is 0 Å². The first-order chi connectivity index (χ1) is 14.6. The Hall–Kier alpha value is -2.89. The minimum Gasteiger partial charge on any atom is -0.490 e. The number of hydrogen-bond donors (Lipinski definition) is 1. The van der Waals surface area contributed by atoms with Crippen LogP contribution in [0.5, 0.6) is 11.5 Å². The molecule has 0 aliphatic carbocycles. The van der Waals surface area contributed by atoms with Crippen LogP contribution < -0.4 is 14.8 Å². The first-order valence-electron chi connectivity index (χ1n) is 10.7. The lowest BCUT2D eigenvalue weighted by Crippen LogP contribution is -2.33. The first-order valence-corrected chi connectivity index (χ1v) is 10.7. The van der Waals surface area contributed by atoms with Gasteiger partial charge in [0, 0.05) is 41.3 Å². The van der Waals surface area contributed by atoms with E-state index in [9.17, 15) is 4.79 Å². The second kappa shape index (κ2) is 7.36. The first kappa shape index (κ1) is 21.3. The molecule has 0 aromatic heterocycles. The average Bonchev–Trinajstić information content (AvgIpc) is 3.05. The van der Waals surface area contributed by atoms with Gasteiger partial charge < -0.3 is 14.8 Å². The number of alkyl halides is 1. The third kappa shape index (κ3) is 3.58. The number of rotatable bonds is 4. The Kier molecular flexibility index (Phi) is 5.07. The molecule has 2 heterocycles. The molecule has 0 saturated carbocycles. The van der Waals surface area contributed by atoms with Gasteiger partial charge in [0.15, 0.2) is 17.7 Å². The molecule has 0 fully saturated rings. The fourth-order valence-electron chi connectivity index (χ4n) is 4.42. The van der Waals surface area contributed by atoms with Gasteiger partial charge in [0.2, 0.25) is 0 Å². The molecule has 1 unspecified atom stereocenters. The summed E-state index contributed by atoms with van der Waals surface area (Å²) in [5.41, 5.74) is 2.82. The fraction of sp³-hybridized carbons (Fsp3) is 0.440. The van der Waals surface area contributed by atoms with Crippen LogP contribution in [0.1, 0.15) is 73.4 Å². The molecule has 164 valence electrons. The third-order valence-corrected chi connectivity index (χ3v) is 5.81. The Labute approximate surface area is 182 Å². The Morgan fingerprint density at radius 2 is 2.03 bits per heavy atom. The van der Waals surface area contributed by atoms with E-state index in [1.165, 1.54) is 0 Å². The van der Waals surface area contributed by atoms with Crippen molar-refractivity contribution >= 4 is 11.6 Å². The zero-order valence-electron chi connectivity index (χ0n) is 18.9. The van der Waals surface area contributed by atoms with E-state index in [-0.39, 0.29) is 5.91 Å². The molecule has 5 nitrogen and oxygen atoms in total. The molecule has 0 bridgehead atoms. The summed E-state index contributed by atoms with van der Waals surface area (Å²) < 4.78 is 27.8. The van der Waals surface area contributed by atoms with E-state index >= 15 is 4.39 Å². The molecule has 1 amide bonds. The van der Waals surface area contributed by atoms with Gasteiger partial charge in [-0.25, -0.2) is 4.39 Å². The molecule has 1 N–H and O–H groups in total. The molecule has 2 aromatic rings. The molecule has 1 atom stereocenters. The van der Waals surface area contributed by atoms with Gasteiger partial charge in [-0.1, -0.05) is 12.1 Å². The van der Waals surface area contributed by atoms with Gasteiger partial charge in [0.05, 0.1) is 17.9 Å². The van der Waals surface area contributed by atoms with Crippen molar-refractivity contribution in [3.05, 3.63) is 58.1 Å². The number of nitrogens with one attached hydrogen (secondary N) is 1. The molecule has 2 aliphatic rings. The number of benzene rings is 2. The van der Waals surface area contributed by atoms with Crippen molar-refractivity contribution in [3.8, 4) is 11.5 Å². The van der Waals surface area contributed by atoms with Crippen molar-refractivity contribution < 1.29 is 18.7 Å². The third-order valence-electron chi connectivity index (χ3n) is 5.81. The maximum absolute atomic E-state index is 15.7. The quantitative estimate of drug-likeness (QED) is 0.767. The zero-order chi connectivity index (χ0) is 22.6. The number of nitrogens with zero attached hydrogens (tertiary/aromatic N) is 1. The topological polar surface area (TPSA) is 59.9 Å². The highest BCUT2D eigenvalue weighted by Crippen LogP contribution is 2.51. The lowest BCUT2D eigenvalue weighted by atomic mass is 9.79. The number of amides is 1. The van der Waals surface area contributed by atoms with Crippen molar-refractivity contribution in [2.45, 2.75) is 58.4 Å². The molecule has 6 heteroatoms. The number of halogens is 1. The molecule has 0 saturated heterocycles. The molecule has 0 radical (unpaired) electrons. The monoisotopic (exact) mass is 424 g/mol. The van der Waals surface area contributed by atoms with Crippen LogP contribution in [0.25, 0.3) is 0 Å². The molecular weight excluding hydrogens is 395 g/mol. The van der Waals surface area contributed by atoms with E-state index in [4.69, 9.17) is 14.5 Å². The van der Waals surface area contributed by atoms with Crippen molar-refractivity contribution in [2.75, 3.05) is 13.7 Å². The lowest BCUT2D eigenvalue weighted by molar-refractivity contribution is 0.0963. The minimum atomic E-state index is -1.29. The van der Waals surface area contributed by atoms with Gasteiger partial charge in [0.25, 0.3) is 5.91 Å². The molecular formula is C25H29FN2O3. The van der Waals surface area contributed by atoms with Gasteiger partial charge >= 0.3 is 0 Å². The van der Waals surface area contributed by atoms with Gasteiger partial charge in [-0.3, -0.25) is 9.79 Å².